The summed E-state index contributed by atoms with van der Waals surface area (Å²) >= 11 is 7.51. The largest absolute Gasteiger partial charge is 0.481 e. The number of nitro groups is 1. The first kappa shape index (κ1) is 18.1. The van der Waals surface area contributed by atoms with Gasteiger partial charge in [-0.15, -0.1) is 11.3 Å². The van der Waals surface area contributed by atoms with Crippen LogP contribution in [0.4, 0.5) is 11.4 Å². The van der Waals surface area contributed by atoms with Gasteiger partial charge in [-0.25, -0.2) is 9.97 Å². The molecule has 3 rings (SSSR count). The number of anilines is 1. The van der Waals surface area contributed by atoms with Crippen LogP contribution in [0.3, 0.4) is 0 Å². The van der Waals surface area contributed by atoms with E-state index < -0.39 is 4.92 Å². The van der Waals surface area contributed by atoms with Gasteiger partial charge in [0.2, 0.25) is 5.88 Å². The fourth-order valence-electron chi connectivity index (χ4n) is 2.42. The molecule has 134 valence electrons. The number of nitrogens with one attached hydrogen (secondary N) is 1. The van der Waals surface area contributed by atoms with Crippen molar-refractivity contribution in [1.29, 1.82) is 0 Å². The molecule has 0 aliphatic heterocycles. The predicted octanol–water partition coefficient (Wildman–Crippen LogP) is 4.70. The fraction of sp³-hybridized carbons (Fsp3) is 0.176. The average molecular weight is 391 g/mol. The van der Waals surface area contributed by atoms with Gasteiger partial charge in [-0.05, 0) is 30.7 Å². The van der Waals surface area contributed by atoms with Crippen molar-refractivity contribution in [1.82, 2.24) is 9.97 Å². The maximum atomic E-state index is 11.3. The number of pyridine rings is 1. The Morgan fingerprint density at radius 3 is 2.65 bits per heavy atom. The maximum absolute atomic E-state index is 11.3. The normalized spacial score (nSPS) is 10.6. The minimum atomic E-state index is -0.424. The first-order valence-electron chi connectivity index (χ1n) is 7.62. The van der Waals surface area contributed by atoms with Crippen LogP contribution >= 0.6 is 22.9 Å². The Morgan fingerprint density at radius 1 is 1.31 bits per heavy atom. The molecule has 26 heavy (non-hydrogen) atoms. The highest BCUT2D eigenvalue weighted by Gasteiger charge is 2.16. The summed E-state index contributed by atoms with van der Waals surface area (Å²) in [7, 11) is 1.54. The van der Waals surface area contributed by atoms with E-state index in [1.54, 1.807) is 31.5 Å². The molecule has 1 aromatic carbocycles. The molecule has 0 fully saturated rings. The third-order valence-corrected chi connectivity index (χ3v) is 4.93. The predicted molar refractivity (Wildman–Crippen MR) is 102 cm³/mol. The van der Waals surface area contributed by atoms with Crippen LogP contribution in [0, 0.1) is 17.0 Å². The van der Waals surface area contributed by atoms with Crippen LogP contribution in [0.1, 0.15) is 10.7 Å². The van der Waals surface area contributed by atoms with Gasteiger partial charge in [0.05, 0.1) is 29.3 Å². The lowest BCUT2D eigenvalue weighted by molar-refractivity contribution is -0.384. The summed E-state index contributed by atoms with van der Waals surface area (Å²) in [6.45, 7) is 2.16. The molecule has 7 nitrogen and oxygen atoms in total. The molecule has 2 aromatic heterocycles. The maximum Gasteiger partial charge on any atom is 0.292 e. The number of methoxy groups -OCH3 is 1. The van der Waals surface area contributed by atoms with Crippen LogP contribution in [0.25, 0.3) is 11.1 Å². The summed E-state index contributed by atoms with van der Waals surface area (Å²) in [6.07, 6.45) is 1.66. The number of nitro benzene ring substituents is 1. The van der Waals surface area contributed by atoms with Gasteiger partial charge in [0, 0.05) is 23.9 Å². The number of thiazole rings is 1. The Hall–Kier alpha value is -2.71. The number of rotatable bonds is 6. The lowest BCUT2D eigenvalue weighted by Gasteiger charge is -2.09. The number of benzene rings is 1. The highest BCUT2D eigenvalue weighted by Crippen LogP contribution is 2.32. The smallest absolute Gasteiger partial charge is 0.292 e. The molecule has 0 aliphatic carbocycles. The first-order valence-corrected chi connectivity index (χ1v) is 8.82. The fourth-order valence-corrected chi connectivity index (χ4v) is 3.52. The summed E-state index contributed by atoms with van der Waals surface area (Å²) in [5, 5.41) is 15.2. The molecule has 3 aromatic rings. The zero-order chi connectivity index (χ0) is 18.7. The molecule has 0 amide bonds. The van der Waals surface area contributed by atoms with Gasteiger partial charge in [0.25, 0.3) is 5.69 Å². The lowest BCUT2D eigenvalue weighted by atomic mass is 10.1. The van der Waals surface area contributed by atoms with Crippen LogP contribution in [-0.2, 0) is 6.54 Å². The molecular formula is C17H15ClN4O3S. The molecule has 0 aliphatic rings. The Morgan fingerprint density at radius 2 is 2.08 bits per heavy atom. The van der Waals surface area contributed by atoms with Crippen LogP contribution in [-0.4, -0.2) is 22.0 Å². The molecule has 0 unspecified atom stereocenters. The third-order valence-electron chi connectivity index (χ3n) is 3.67. The van der Waals surface area contributed by atoms with E-state index in [2.05, 4.69) is 15.3 Å². The van der Waals surface area contributed by atoms with Crippen LogP contribution in [0.2, 0.25) is 4.34 Å². The molecule has 0 spiro atoms. The average Bonchev–Trinajstić information content (AvgIpc) is 2.97. The standard InChI is InChI=1S/C17H15ClN4O3S/c1-10-21-14(17(18)26-10)9-19-13-7-11(3-5-15(13)22(23)24)12-4-6-16(25-2)20-8-12/h3-8,19H,9H2,1-2H3. The van der Waals surface area contributed by atoms with Gasteiger partial charge in [-0.1, -0.05) is 11.6 Å². The molecule has 1 N–H and O–H groups in total. The minimum Gasteiger partial charge on any atom is -0.481 e. The molecule has 0 atom stereocenters. The van der Waals surface area contributed by atoms with Crippen molar-refractivity contribution >= 4 is 34.3 Å². The zero-order valence-electron chi connectivity index (χ0n) is 14.0. The van der Waals surface area contributed by atoms with E-state index in [-0.39, 0.29) is 5.69 Å². The highest BCUT2D eigenvalue weighted by atomic mass is 35.5. The Kier molecular flexibility index (Phi) is 5.34. The van der Waals surface area contributed by atoms with Gasteiger partial charge < -0.3 is 10.1 Å². The van der Waals surface area contributed by atoms with Crippen LogP contribution in [0.5, 0.6) is 5.88 Å². The second-order valence-corrected chi connectivity index (χ2v) is 7.19. The van der Waals surface area contributed by atoms with Gasteiger partial charge in [-0.3, -0.25) is 10.1 Å². The SMILES string of the molecule is COc1ccc(-c2ccc([N+](=O)[O-])c(NCc3nc(C)sc3Cl)c2)cn1. The van der Waals surface area contributed by atoms with E-state index in [9.17, 15) is 10.1 Å². The number of halogens is 1. The third kappa shape index (κ3) is 3.92. The molecule has 0 radical (unpaired) electrons. The van der Waals surface area contributed by atoms with Crippen molar-refractivity contribution in [3.05, 3.63) is 61.7 Å². The molecule has 0 saturated carbocycles. The molecular weight excluding hydrogens is 376 g/mol. The van der Waals surface area contributed by atoms with Gasteiger partial charge in [-0.2, -0.15) is 0 Å². The minimum absolute atomic E-state index is 0.0155. The summed E-state index contributed by atoms with van der Waals surface area (Å²) in [5.41, 5.74) is 2.67. The van der Waals surface area contributed by atoms with Crippen molar-refractivity contribution < 1.29 is 9.66 Å². The van der Waals surface area contributed by atoms with Crippen molar-refractivity contribution in [2.24, 2.45) is 0 Å². The Labute approximate surface area is 158 Å². The molecule has 0 bridgehead atoms. The second-order valence-electron chi connectivity index (χ2n) is 5.39. The van der Waals surface area contributed by atoms with Crippen molar-refractivity contribution in [2.45, 2.75) is 13.5 Å². The van der Waals surface area contributed by atoms with Crippen LogP contribution in [0.15, 0.2) is 36.5 Å². The van der Waals surface area contributed by atoms with Crippen molar-refractivity contribution in [2.75, 3.05) is 12.4 Å². The van der Waals surface area contributed by atoms with Gasteiger partial charge in [0.15, 0.2) is 0 Å². The molecule has 9 heteroatoms. The Balaban J connectivity index is 1.90. The molecule has 2 heterocycles. The monoisotopic (exact) mass is 390 g/mol. The zero-order valence-corrected chi connectivity index (χ0v) is 15.6. The van der Waals surface area contributed by atoms with Crippen molar-refractivity contribution in [3.63, 3.8) is 0 Å². The number of hydrogen-bond acceptors (Lipinski definition) is 7. The van der Waals surface area contributed by atoms with E-state index in [4.69, 9.17) is 16.3 Å². The number of ether oxygens (including phenoxy) is 1. The number of hydrogen-bond donors (Lipinski definition) is 1. The summed E-state index contributed by atoms with van der Waals surface area (Å²) in [5.74, 6) is 0.502. The first-order chi connectivity index (χ1) is 12.5. The highest BCUT2D eigenvalue weighted by molar-refractivity contribution is 7.15. The number of aromatic nitrogens is 2. The van der Waals surface area contributed by atoms with Crippen molar-refractivity contribution in [3.8, 4) is 17.0 Å². The van der Waals surface area contributed by atoms with E-state index in [0.717, 1.165) is 16.1 Å². The topological polar surface area (TPSA) is 90.2 Å². The van der Waals surface area contributed by atoms with E-state index in [1.807, 2.05) is 13.0 Å². The van der Waals surface area contributed by atoms with Gasteiger partial charge >= 0.3 is 0 Å². The number of nitrogens with zero attached hydrogens (tertiary/aromatic N) is 3. The van der Waals surface area contributed by atoms with Crippen LogP contribution < -0.4 is 10.1 Å². The van der Waals surface area contributed by atoms with Gasteiger partial charge in [0.1, 0.15) is 10.0 Å². The molecule has 0 saturated heterocycles. The quantitative estimate of drug-likeness (QED) is 0.484. The summed E-state index contributed by atoms with van der Waals surface area (Å²) < 4.78 is 5.63. The summed E-state index contributed by atoms with van der Waals surface area (Å²) in [6, 6.07) is 8.45. The number of aryl methyl sites for hydroxylation is 1. The van der Waals surface area contributed by atoms with E-state index >= 15 is 0 Å². The Bertz CT molecular complexity index is 944. The summed E-state index contributed by atoms with van der Waals surface area (Å²) in [4.78, 5) is 19.4. The van der Waals surface area contributed by atoms with E-state index in [0.29, 0.717) is 28.1 Å². The second kappa shape index (κ2) is 7.67. The van der Waals surface area contributed by atoms with E-state index in [1.165, 1.54) is 17.4 Å². The lowest BCUT2D eigenvalue weighted by Crippen LogP contribution is -2.03.